The van der Waals surface area contributed by atoms with Crippen molar-refractivity contribution in [2.24, 2.45) is 0 Å². The summed E-state index contributed by atoms with van der Waals surface area (Å²) in [6, 6.07) is 0. The Morgan fingerprint density at radius 3 is 2.60 bits per heavy atom. The van der Waals surface area contributed by atoms with Crippen LogP contribution in [0.3, 0.4) is 0 Å². The van der Waals surface area contributed by atoms with Gasteiger partial charge in [0.15, 0.2) is 6.61 Å². The first-order valence-electron chi connectivity index (χ1n) is 6.10. The van der Waals surface area contributed by atoms with Gasteiger partial charge in [-0.2, -0.15) is 0 Å². The molecule has 0 atom stereocenters. The quantitative estimate of drug-likeness (QED) is 0.532. The smallest absolute Gasteiger partial charge is 0.344 e. The molecule has 0 aromatic carbocycles. The number of esters is 2. The number of cyclic esters (lactones) is 2. The molecule has 20 heavy (non-hydrogen) atoms. The molecule has 1 rings (SSSR count). The highest BCUT2D eigenvalue weighted by Gasteiger charge is 2.10. The van der Waals surface area contributed by atoms with Crippen LogP contribution in [-0.2, 0) is 28.7 Å². The fourth-order valence-corrected chi connectivity index (χ4v) is 1.28. The Labute approximate surface area is 115 Å². The van der Waals surface area contributed by atoms with Gasteiger partial charge in [0.25, 0.3) is 0 Å². The second kappa shape index (κ2) is 8.68. The van der Waals surface area contributed by atoms with Crippen molar-refractivity contribution < 1.29 is 28.7 Å². The lowest BCUT2D eigenvalue weighted by Gasteiger charge is -2.07. The molecule has 110 valence electrons. The zero-order valence-corrected chi connectivity index (χ0v) is 10.8. The summed E-state index contributed by atoms with van der Waals surface area (Å²) in [6.07, 6.45) is 3.05. The van der Waals surface area contributed by atoms with E-state index in [2.05, 4.69) is 15.4 Å². The topological polar surface area (TPSA) is 111 Å². The molecule has 0 unspecified atom stereocenters. The second-order valence-corrected chi connectivity index (χ2v) is 3.89. The molecule has 1 heterocycles. The molecule has 1 aliphatic heterocycles. The van der Waals surface area contributed by atoms with Crippen molar-refractivity contribution in [1.82, 2.24) is 10.6 Å². The Kier molecular flexibility index (Phi) is 6.80. The van der Waals surface area contributed by atoms with Crippen molar-refractivity contribution in [3.05, 3.63) is 12.2 Å². The minimum Gasteiger partial charge on any atom is -0.463 e. The van der Waals surface area contributed by atoms with Crippen LogP contribution < -0.4 is 10.6 Å². The maximum absolute atomic E-state index is 11.3. The predicted octanol–water partition coefficient (Wildman–Crippen LogP) is -1.34. The molecule has 0 spiro atoms. The Morgan fingerprint density at radius 2 is 1.80 bits per heavy atom. The van der Waals surface area contributed by atoms with E-state index < -0.39 is 30.4 Å². The van der Waals surface area contributed by atoms with E-state index in [-0.39, 0.29) is 26.1 Å². The summed E-state index contributed by atoms with van der Waals surface area (Å²) in [6.45, 7) is -0.483. The van der Waals surface area contributed by atoms with E-state index in [1.54, 1.807) is 0 Å². The average molecular weight is 284 g/mol. The lowest BCUT2D eigenvalue weighted by atomic mass is 10.3. The van der Waals surface area contributed by atoms with Crippen LogP contribution in [0.4, 0.5) is 0 Å². The number of hydrogen-bond donors (Lipinski definition) is 2. The predicted molar refractivity (Wildman–Crippen MR) is 66.3 cm³/mol. The lowest BCUT2D eigenvalue weighted by molar-refractivity contribution is -0.158. The number of amides is 2. The average Bonchev–Trinajstić information content (AvgIpc) is 2.41. The molecule has 0 radical (unpaired) electrons. The third-order valence-corrected chi connectivity index (χ3v) is 2.24. The largest absolute Gasteiger partial charge is 0.463 e. The zero-order chi connectivity index (χ0) is 14.8. The normalized spacial score (nSPS) is 21.2. The van der Waals surface area contributed by atoms with Crippen molar-refractivity contribution in [2.75, 3.05) is 26.3 Å². The summed E-state index contributed by atoms with van der Waals surface area (Å²) in [7, 11) is 0. The highest BCUT2D eigenvalue weighted by Crippen LogP contribution is 1.91. The van der Waals surface area contributed by atoms with Gasteiger partial charge < -0.3 is 20.1 Å². The van der Waals surface area contributed by atoms with E-state index >= 15 is 0 Å². The second-order valence-electron chi connectivity index (χ2n) is 3.89. The number of rotatable bonds is 0. The van der Waals surface area contributed by atoms with Gasteiger partial charge in [0.05, 0.1) is 19.6 Å². The van der Waals surface area contributed by atoms with Gasteiger partial charge in [-0.15, -0.1) is 0 Å². The number of nitrogens with one attached hydrogen (secondary N) is 2. The summed E-state index contributed by atoms with van der Waals surface area (Å²) in [5, 5.41) is 4.80. The first-order valence-corrected chi connectivity index (χ1v) is 6.10. The molecule has 0 bridgehead atoms. The van der Waals surface area contributed by atoms with Gasteiger partial charge in [0.1, 0.15) is 0 Å². The minimum absolute atomic E-state index is 0.0626. The van der Waals surface area contributed by atoms with Gasteiger partial charge in [-0.25, -0.2) is 4.79 Å². The number of carbonyl (C=O) groups excluding carboxylic acids is 4. The standard InChI is InChI=1S/C12H16N2O6/c15-9-3-1-2-6-19-12(18)8-20-11(17)4-5-13-10(16)7-14-9/h1,3H,2,4-8H2,(H,13,16)(H,14,15)/b3-1-. The first-order chi connectivity index (χ1) is 9.58. The van der Waals surface area contributed by atoms with E-state index in [9.17, 15) is 19.2 Å². The van der Waals surface area contributed by atoms with Gasteiger partial charge >= 0.3 is 11.9 Å². The number of ether oxygens (including phenoxy) is 2. The van der Waals surface area contributed by atoms with Gasteiger partial charge in [0.2, 0.25) is 11.8 Å². The van der Waals surface area contributed by atoms with E-state index in [4.69, 9.17) is 4.74 Å². The Bertz CT molecular complexity index is 418. The van der Waals surface area contributed by atoms with Crippen LogP contribution in [0.15, 0.2) is 12.2 Å². The zero-order valence-electron chi connectivity index (χ0n) is 10.8. The van der Waals surface area contributed by atoms with Gasteiger partial charge in [-0.3, -0.25) is 14.4 Å². The van der Waals surface area contributed by atoms with E-state index in [1.165, 1.54) is 12.2 Å². The molecule has 2 N–H and O–H groups in total. The van der Waals surface area contributed by atoms with Crippen molar-refractivity contribution in [3.8, 4) is 0 Å². The third kappa shape index (κ3) is 7.14. The van der Waals surface area contributed by atoms with Gasteiger partial charge in [-0.05, 0) is 6.08 Å². The molecule has 0 saturated carbocycles. The Morgan fingerprint density at radius 1 is 1.00 bits per heavy atom. The van der Waals surface area contributed by atoms with Crippen molar-refractivity contribution >= 4 is 23.8 Å². The Hall–Kier alpha value is -2.38. The maximum Gasteiger partial charge on any atom is 0.344 e. The maximum atomic E-state index is 11.3. The van der Waals surface area contributed by atoms with Gasteiger partial charge in [0, 0.05) is 13.0 Å². The summed E-state index contributed by atoms with van der Waals surface area (Å²) >= 11 is 0. The summed E-state index contributed by atoms with van der Waals surface area (Å²) in [4.78, 5) is 45.0. The Balaban J connectivity index is 2.50. The number of hydrogen-bond acceptors (Lipinski definition) is 6. The van der Waals surface area contributed by atoms with Crippen LogP contribution in [0.5, 0.6) is 0 Å². The van der Waals surface area contributed by atoms with Crippen molar-refractivity contribution in [2.45, 2.75) is 12.8 Å². The van der Waals surface area contributed by atoms with E-state index in [1.807, 2.05) is 0 Å². The fourth-order valence-electron chi connectivity index (χ4n) is 1.28. The van der Waals surface area contributed by atoms with Crippen molar-refractivity contribution in [1.29, 1.82) is 0 Å². The summed E-state index contributed by atoms with van der Waals surface area (Å²) < 4.78 is 9.43. The van der Waals surface area contributed by atoms with Crippen LogP contribution in [0.25, 0.3) is 0 Å². The summed E-state index contributed by atoms with van der Waals surface area (Å²) in [5.74, 6) is -2.10. The molecule has 0 saturated heterocycles. The lowest BCUT2D eigenvalue weighted by Crippen LogP contribution is -2.37. The van der Waals surface area contributed by atoms with Crippen LogP contribution in [0, 0.1) is 0 Å². The van der Waals surface area contributed by atoms with Gasteiger partial charge in [-0.1, -0.05) is 6.08 Å². The SMILES string of the molecule is O=C1/C=C\CCOC(=O)COC(=O)CCNC(=O)CN1. The monoisotopic (exact) mass is 284 g/mol. The van der Waals surface area contributed by atoms with Crippen LogP contribution in [0.2, 0.25) is 0 Å². The highest BCUT2D eigenvalue weighted by atomic mass is 16.6. The first kappa shape index (κ1) is 15.7. The molecule has 8 heteroatoms. The molecular weight excluding hydrogens is 268 g/mol. The molecule has 0 aliphatic carbocycles. The number of carbonyl (C=O) groups is 4. The van der Waals surface area contributed by atoms with E-state index in [0.29, 0.717) is 6.42 Å². The molecule has 0 fully saturated rings. The molecule has 8 nitrogen and oxygen atoms in total. The van der Waals surface area contributed by atoms with Crippen LogP contribution in [0.1, 0.15) is 12.8 Å². The third-order valence-electron chi connectivity index (χ3n) is 2.24. The molecule has 1 aliphatic rings. The van der Waals surface area contributed by atoms with Crippen molar-refractivity contribution in [3.63, 3.8) is 0 Å². The molecular formula is C12H16N2O6. The van der Waals surface area contributed by atoms with E-state index in [0.717, 1.165) is 0 Å². The van der Waals surface area contributed by atoms with Crippen LogP contribution in [-0.4, -0.2) is 50.1 Å². The molecule has 2 amide bonds. The summed E-state index contributed by atoms with van der Waals surface area (Å²) in [5.41, 5.74) is 0. The fraction of sp³-hybridized carbons (Fsp3) is 0.500. The molecule has 0 aromatic rings. The highest BCUT2D eigenvalue weighted by molar-refractivity contribution is 5.91. The minimum atomic E-state index is -0.660. The van der Waals surface area contributed by atoms with Crippen LogP contribution >= 0.6 is 0 Å². The molecule has 0 aromatic heterocycles.